The van der Waals surface area contributed by atoms with Crippen LogP contribution in [0.2, 0.25) is 20.1 Å². The van der Waals surface area contributed by atoms with Crippen LogP contribution in [0.15, 0.2) is 65.6 Å². The molecule has 0 bridgehead atoms. The van der Waals surface area contributed by atoms with Crippen molar-refractivity contribution in [2.24, 2.45) is 0 Å². The lowest BCUT2D eigenvalue weighted by Gasteiger charge is -2.32. The van der Waals surface area contributed by atoms with Crippen LogP contribution in [-0.4, -0.2) is 43.8 Å². The third kappa shape index (κ3) is 8.30. The van der Waals surface area contributed by atoms with Gasteiger partial charge >= 0.3 is 0 Å². The van der Waals surface area contributed by atoms with E-state index in [0.717, 1.165) is 9.87 Å². The number of hydrogen-bond acceptors (Lipinski definition) is 4. The van der Waals surface area contributed by atoms with Gasteiger partial charge in [-0.3, -0.25) is 13.9 Å². The van der Waals surface area contributed by atoms with E-state index < -0.39 is 28.5 Å². The van der Waals surface area contributed by atoms with E-state index in [2.05, 4.69) is 5.32 Å². The SMILES string of the molecule is CC[C@H](C)NC(=O)[C@@H](C)N(Cc1ccc(Cl)c(Cl)c1)C(=O)CN(c1cc(Cl)ccc1Cl)S(=O)(=O)c1ccc(C)cc1. The number of halogens is 4. The number of hydrogen-bond donors (Lipinski definition) is 1. The molecule has 0 radical (unpaired) electrons. The number of aryl methyl sites for hydroxylation is 1. The number of rotatable bonds is 11. The van der Waals surface area contributed by atoms with E-state index >= 15 is 0 Å². The van der Waals surface area contributed by atoms with E-state index in [-0.39, 0.29) is 44.1 Å². The summed E-state index contributed by atoms with van der Waals surface area (Å²) in [6, 6.07) is 14.4. The molecule has 3 aromatic rings. The zero-order valence-electron chi connectivity index (χ0n) is 23.0. The lowest BCUT2D eigenvalue weighted by atomic mass is 10.1. The zero-order chi connectivity index (χ0) is 30.5. The van der Waals surface area contributed by atoms with Crippen LogP contribution in [0.4, 0.5) is 5.69 Å². The maximum absolute atomic E-state index is 14.0. The van der Waals surface area contributed by atoms with E-state index in [0.29, 0.717) is 17.0 Å². The Kier molecular flexibility index (Phi) is 11.4. The van der Waals surface area contributed by atoms with Crippen LogP contribution in [-0.2, 0) is 26.2 Å². The normalized spacial score (nSPS) is 12.9. The maximum Gasteiger partial charge on any atom is 0.264 e. The van der Waals surface area contributed by atoms with Crippen molar-refractivity contribution in [3.63, 3.8) is 0 Å². The standard InChI is InChI=1S/C29H31Cl4N3O4S/c1-5-19(3)34-29(38)20(4)35(16-21-8-12-24(31)26(33)14-21)28(37)17-36(27-15-22(30)9-13-25(27)32)41(39,40)23-10-6-18(2)7-11-23/h6-15,19-20H,5,16-17H2,1-4H3,(H,34,38)/t19-,20+/m0/s1. The van der Waals surface area contributed by atoms with Crippen molar-refractivity contribution in [3.05, 3.63) is 91.9 Å². The largest absolute Gasteiger partial charge is 0.352 e. The summed E-state index contributed by atoms with van der Waals surface area (Å²) >= 11 is 24.9. The third-order valence-electron chi connectivity index (χ3n) is 6.57. The zero-order valence-corrected chi connectivity index (χ0v) is 26.8. The summed E-state index contributed by atoms with van der Waals surface area (Å²) in [6.45, 7) is 6.51. The van der Waals surface area contributed by atoms with Crippen LogP contribution in [0.1, 0.15) is 38.3 Å². The van der Waals surface area contributed by atoms with Gasteiger partial charge in [0.2, 0.25) is 11.8 Å². The van der Waals surface area contributed by atoms with Gasteiger partial charge in [-0.05, 0) is 75.2 Å². The molecule has 0 heterocycles. The molecule has 7 nitrogen and oxygen atoms in total. The van der Waals surface area contributed by atoms with Crippen molar-refractivity contribution in [1.82, 2.24) is 10.2 Å². The average molecular weight is 659 g/mol. The van der Waals surface area contributed by atoms with Gasteiger partial charge in [-0.2, -0.15) is 0 Å². The molecule has 3 aromatic carbocycles. The van der Waals surface area contributed by atoms with Gasteiger partial charge in [0.15, 0.2) is 0 Å². The molecule has 2 atom stereocenters. The van der Waals surface area contributed by atoms with Gasteiger partial charge < -0.3 is 10.2 Å². The van der Waals surface area contributed by atoms with E-state index in [4.69, 9.17) is 46.4 Å². The topological polar surface area (TPSA) is 86.8 Å². The van der Waals surface area contributed by atoms with Crippen LogP contribution < -0.4 is 9.62 Å². The molecule has 0 aliphatic heterocycles. The molecule has 12 heteroatoms. The summed E-state index contributed by atoms with van der Waals surface area (Å²) in [5.41, 5.74) is 1.49. The quantitative estimate of drug-likeness (QED) is 0.237. The summed E-state index contributed by atoms with van der Waals surface area (Å²) in [4.78, 5) is 28.4. The Morgan fingerprint density at radius 1 is 0.878 bits per heavy atom. The molecule has 0 aliphatic rings. The average Bonchev–Trinajstić information content (AvgIpc) is 2.93. The number of nitrogens with one attached hydrogen (secondary N) is 1. The van der Waals surface area contributed by atoms with Gasteiger partial charge in [-0.1, -0.05) is 77.1 Å². The number of anilines is 1. The number of nitrogens with zero attached hydrogens (tertiary/aromatic N) is 2. The second-order valence-electron chi connectivity index (χ2n) is 9.68. The highest BCUT2D eigenvalue weighted by atomic mass is 35.5. The Labute approximate surface area is 261 Å². The minimum atomic E-state index is -4.29. The fourth-order valence-corrected chi connectivity index (χ4v) is 6.09. The molecule has 0 fully saturated rings. The Bertz CT molecular complexity index is 1520. The molecule has 0 spiro atoms. The van der Waals surface area contributed by atoms with Crippen LogP contribution in [0.3, 0.4) is 0 Å². The number of carbonyl (C=O) groups is 2. The molecular weight excluding hydrogens is 628 g/mol. The first kappa shape index (κ1) is 33.0. The second kappa shape index (κ2) is 14.1. The van der Waals surface area contributed by atoms with E-state index in [1.54, 1.807) is 37.3 Å². The molecule has 0 saturated heterocycles. The highest BCUT2D eigenvalue weighted by Crippen LogP contribution is 2.33. The number of amides is 2. The van der Waals surface area contributed by atoms with Crippen molar-refractivity contribution in [1.29, 1.82) is 0 Å². The fourth-order valence-electron chi connectivity index (χ4n) is 3.91. The summed E-state index contributed by atoms with van der Waals surface area (Å²) in [5.74, 6) is -1.03. The second-order valence-corrected chi connectivity index (χ2v) is 13.2. The van der Waals surface area contributed by atoms with Crippen LogP contribution in [0.25, 0.3) is 0 Å². The van der Waals surface area contributed by atoms with Crippen molar-refractivity contribution in [2.75, 3.05) is 10.8 Å². The molecule has 0 aromatic heterocycles. The summed E-state index contributed by atoms with van der Waals surface area (Å²) in [6.07, 6.45) is 0.690. The first-order chi connectivity index (χ1) is 19.2. The van der Waals surface area contributed by atoms with Crippen molar-refractivity contribution < 1.29 is 18.0 Å². The van der Waals surface area contributed by atoms with Gasteiger partial charge in [-0.25, -0.2) is 8.42 Å². The van der Waals surface area contributed by atoms with Crippen LogP contribution in [0.5, 0.6) is 0 Å². The summed E-state index contributed by atoms with van der Waals surface area (Å²) < 4.78 is 28.8. The fraction of sp³-hybridized carbons (Fsp3) is 0.310. The lowest BCUT2D eigenvalue weighted by Crippen LogP contribution is -2.52. The molecule has 1 N–H and O–H groups in total. The molecule has 220 valence electrons. The third-order valence-corrected chi connectivity index (χ3v) is 9.64. The molecular formula is C29H31Cl4N3O4S. The Morgan fingerprint density at radius 3 is 2.12 bits per heavy atom. The van der Waals surface area contributed by atoms with Crippen LogP contribution in [0, 0.1) is 6.92 Å². The number of benzene rings is 3. The van der Waals surface area contributed by atoms with Gasteiger partial charge in [0, 0.05) is 17.6 Å². The van der Waals surface area contributed by atoms with Gasteiger partial charge in [-0.15, -0.1) is 0 Å². The van der Waals surface area contributed by atoms with E-state index in [1.165, 1.54) is 35.2 Å². The predicted octanol–water partition coefficient (Wildman–Crippen LogP) is 7.14. The Morgan fingerprint density at radius 2 is 1.51 bits per heavy atom. The van der Waals surface area contributed by atoms with Crippen molar-refractivity contribution in [3.8, 4) is 0 Å². The number of carbonyl (C=O) groups excluding carboxylic acids is 2. The molecule has 3 rings (SSSR count). The van der Waals surface area contributed by atoms with Crippen LogP contribution >= 0.6 is 46.4 Å². The maximum atomic E-state index is 14.0. The van der Waals surface area contributed by atoms with Gasteiger partial charge in [0.05, 0.1) is 25.7 Å². The first-order valence-corrected chi connectivity index (χ1v) is 15.8. The summed E-state index contributed by atoms with van der Waals surface area (Å²) in [7, 11) is -4.29. The predicted molar refractivity (Wildman–Crippen MR) is 167 cm³/mol. The summed E-state index contributed by atoms with van der Waals surface area (Å²) in [5, 5.41) is 3.81. The highest BCUT2D eigenvalue weighted by molar-refractivity contribution is 7.92. The molecule has 0 saturated carbocycles. The lowest BCUT2D eigenvalue weighted by molar-refractivity contribution is -0.139. The van der Waals surface area contributed by atoms with E-state index in [1.807, 2.05) is 20.8 Å². The minimum absolute atomic E-state index is 0.0271. The van der Waals surface area contributed by atoms with Gasteiger partial charge in [0.25, 0.3) is 10.0 Å². The monoisotopic (exact) mass is 657 g/mol. The minimum Gasteiger partial charge on any atom is -0.352 e. The smallest absolute Gasteiger partial charge is 0.264 e. The molecule has 2 amide bonds. The first-order valence-electron chi connectivity index (χ1n) is 12.8. The van der Waals surface area contributed by atoms with Crippen molar-refractivity contribution in [2.45, 2.75) is 57.6 Å². The Hall–Kier alpha value is -2.49. The van der Waals surface area contributed by atoms with E-state index in [9.17, 15) is 18.0 Å². The molecule has 41 heavy (non-hydrogen) atoms. The van der Waals surface area contributed by atoms with Gasteiger partial charge in [0.1, 0.15) is 12.6 Å². The molecule has 0 unspecified atom stereocenters. The highest BCUT2D eigenvalue weighted by Gasteiger charge is 2.33. The van der Waals surface area contributed by atoms with Crippen molar-refractivity contribution >= 4 is 73.9 Å². The molecule has 0 aliphatic carbocycles. The Balaban J connectivity index is 2.08. The number of sulfonamides is 1.